The zero-order valence-electron chi connectivity index (χ0n) is 15.8. The first-order valence-corrected chi connectivity index (χ1v) is 10.4. The fraction of sp³-hybridized carbons (Fsp3) is 0.190. The highest BCUT2D eigenvalue weighted by molar-refractivity contribution is 7.92. The van der Waals surface area contributed by atoms with Crippen molar-refractivity contribution in [1.29, 1.82) is 0 Å². The molecule has 28 heavy (non-hydrogen) atoms. The molecule has 146 valence electrons. The van der Waals surface area contributed by atoms with Crippen molar-refractivity contribution in [3.63, 3.8) is 0 Å². The zero-order valence-corrected chi connectivity index (χ0v) is 16.6. The number of nitrogens with one attached hydrogen (secondary N) is 1. The number of sulfonamides is 1. The summed E-state index contributed by atoms with van der Waals surface area (Å²) < 4.78 is 40.8. The van der Waals surface area contributed by atoms with Crippen LogP contribution in [0.5, 0.6) is 0 Å². The Balaban J connectivity index is 1.75. The third-order valence-electron chi connectivity index (χ3n) is 4.39. The Morgan fingerprint density at radius 1 is 1.07 bits per heavy atom. The molecule has 7 heteroatoms. The normalized spacial score (nSPS) is 11.2. The summed E-state index contributed by atoms with van der Waals surface area (Å²) in [7, 11) is -3.83. The van der Waals surface area contributed by atoms with Gasteiger partial charge in [-0.05, 0) is 55.3 Å². The zero-order chi connectivity index (χ0) is 20.1. The minimum atomic E-state index is -3.83. The van der Waals surface area contributed by atoms with Crippen LogP contribution in [0.1, 0.15) is 18.1 Å². The van der Waals surface area contributed by atoms with Gasteiger partial charge in [0.1, 0.15) is 11.6 Å². The first-order chi connectivity index (χ1) is 13.4. The maximum atomic E-state index is 13.4. The molecular formula is C21H22FN3O2S. The lowest BCUT2D eigenvalue weighted by Gasteiger charge is -2.23. The van der Waals surface area contributed by atoms with E-state index in [4.69, 9.17) is 0 Å². The SMILES string of the molecule is CCN(Cc1ccccc1)c1ccc(NS(=O)(=O)c2ccc(F)c(C)c2)nc1. The molecule has 3 aromatic rings. The summed E-state index contributed by atoms with van der Waals surface area (Å²) in [6.07, 6.45) is 1.64. The van der Waals surface area contributed by atoms with Gasteiger partial charge >= 0.3 is 0 Å². The number of pyridine rings is 1. The number of nitrogens with zero attached hydrogens (tertiary/aromatic N) is 2. The van der Waals surface area contributed by atoms with Crippen LogP contribution in [0, 0.1) is 12.7 Å². The van der Waals surface area contributed by atoms with Crippen LogP contribution in [0.15, 0.2) is 71.8 Å². The molecule has 0 amide bonds. The van der Waals surface area contributed by atoms with Gasteiger partial charge in [0, 0.05) is 13.1 Å². The highest BCUT2D eigenvalue weighted by atomic mass is 32.2. The molecule has 0 radical (unpaired) electrons. The quantitative estimate of drug-likeness (QED) is 0.641. The number of halogens is 1. The Labute approximate surface area is 164 Å². The molecule has 0 spiro atoms. The average Bonchev–Trinajstić information content (AvgIpc) is 2.69. The summed E-state index contributed by atoms with van der Waals surface area (Å²) in [6.45, 7) is 5.10. The van der Waals surface area contributed by atoms with Crippen molar-refractivity contribution in [2.24, 2.45) is 0 Å². The molecule has 0 aliphatic heterocycles. The average molecular weight is 399 g/mol. The molecule has 0 saturated heterocycles. The molecule has 3 rings (SSSR count). The summed E-state index contributed by atoms with van der Waals surface area (Å²) in [5, 5.41) is 0. The second kappa shape index (κ2) is 8.39. The second-order valence-corrected chi connectivity index (χ2v) is 8.10. The van der Waals surface area contributed by atoms with Gasteiger partial charge in [-0.25, -0.2) is 17.8 Å². The van der Waals surface area contributed by atoms with Crippen molar-refractivity contribution in [2.75, 3.05) is 16.2 Å². The molecule has 0 bridgehead atoms. The van der Waals surface area contributed by atoms with Gasteiger partial charge in [-0.2, -0.15) is 0 Å². The maximum Gasteiger partial charge on any atom is 0.263 e. The summed E-state index contributed by atoms with van der Waals surface area (Å²) in [6, 6.07) is 17.2. The van der Waals surface area contributed by atoms with E-state index in [1.165, 1.54) is 24.6 Å². The molecule has 2 aromatic carbocycles. The monoisotopic (exact) mass is 399 g/mol. The lowest BCUT2D eigenvalue weighted by atomic mass is 10.2. The van der Waals surface area contributed by atoms with Gasteiger partial charge in [-0.1, -0.05) is 30.3 Å². The van der Waals surface area contributed by atoms with Gasteiger partial charge in [-0.15, -0.1) is 0 Å². The fourth-order valence-corrected chi connectivity index (χ4v) is 3.90. The second-order valence-electron chi connectivity index (χ2n) is 6.42. The highest BCUT2D eigenvalue weighted by Gasteiger charge is 2.16. The summed E-state index contributed by atoms with van der Waals surface area (Å²) in [5.41, 5.74) is 2.35. The topological polar surface area (TPSA) is 62.3 Å². The van der Waals surface area contributed by atoms with Crippen LogP contribution < -0.4 is 9.62 Å². The number of aromatic nitrogens is 1. The Kier molecular flexibility index (Phi) is 5.94. The molecule has 0 aliphatic rings. The van der Waals surface area contributed by atoms with E-state index in [2.05, 4.69) is 33.7 Å². The summed E-state index contributed by atoms with van der Waals surface area (Å²) in [4.78, 5) is 6.37. The van der Waals surface area contributed by atoms with Crippen LogP contribution in [0.25, 0.3) is 0 Å². The van der Waals surface area contributed by atoms with E-state index in [0.29, 0.717) is 0 Å². The molecule has 0 unspecified atom stereocenters. The van der Waals surface area contributed by atoms with E-state index in [0.717, 1.165) is 24.8 Å². The summed E-state index contributed by atoms with van der Waals surface area (Å²) in [5.74, 6) is -0.235. The van der Waals surface area contributed by atoms with Crippen molar-refractivity contribution in [3.05, 3.63) is 83.8 Å². The first kappa shape index (κ1) is 19.8. The standard InChI is InChI=1S/C21H22FN3O2S/c1-3-25(15-17-7-5-4-6-8-17)18-9-12-21(23-14-18)24-28(26,27)19-10-11-20(22)16(2)13-19/h4-14H,3,15H2,1-2H3,(H,23,24). The number of hydrogen-bond acceptors (Lipinski definition) is 4. The minimum absolute atomic E-state index is 0.00320. The van der Waals surface area contributed by atoms with Gasteiger partial charge in [-0.3, -0.25) is 4.72 Å². The Hall–Kier alpha value is -2.93. The lowest BCUT2D eigenvalue weighted by Crippen LogP contribution is -2.22. The molecule has 0 aliphatic carbocycles. The number of hydrogen-bond donors (Lipinski definition) is 1. The van der Waals surface area contributed by atoms with Crippen LogP contribution in [0.2, 0.25) is 0 Å². The molecule has 0 fully saturated rings. The number of anilines is 2. The minimum Gasteiger partial charge on any atom is -0.366 e. The maximum absolute atomic E-state index is 13.4. The Morgan fingerprint density at radius 2 is 1.82 bits per heavy atom. The molecule has 1 aromatic heterocycles. The third kappa shape index (κ3) is 4.67. The predicted molar refractivity (Wildman–Crippen MR) is 109 cm³/mol. The lowest BCUT2D eigenvalue weighted by molar-refractivity contribution is 0.598. The van der Waals surface area contributed by atoms with Gasteiger partial charge in [0.25, 0.3) is 10.0 Å². The Bertz CT molecular complexity index is 1040. The highest BCUT2D eigenvalue weighted by Crippen LogP contribution is 2.21. The van der Waals surface area contributed by atoms with Crippen LogP contribution in [-0.2, 0) is 16.6 Å². The van der Waals surface area contributed by atoms with Crippen LogP contribution in [0.4, 0.5) is 15.9 Å². The van der Waals surface area contributed by atoms with Crippen molar-refractivity contribution in [3.8, 4) is 0 Å². The molecule has 0 saturated carbocycles. The molecular weight excluding hydrogens is 377 g/mol. The predicted octanol–water partition coefficient (Wildman–Crippen LogP) is 4.36. The van der Waals surface area contributed by atoms with Crippen LogP contribution in [-0.4, -0.2) is 19.9 Å². The van der Waals surface area contributed by atoms with E-state index in [1.54, 1.807) is 12.3 Å². The largest absolute Gasteiger partial charge is 0.366 e. The van der Waals surface area contributed by atoms with Gasteiger partial charge < -0.3 is 4.90 Å². The number of rotatable bonds is 7. The molecule has 0 atom stereocenters. The van der Waals surface area contributed by atoms with Crippen LogP contribution in [0.3, 0.4) is 0 Å². The van der Waals surface area contributed by atoms with Crippen LogP contribution >= 0.6 is 0 Å². The fourth-order valence-electron chi connectivity index (χ4n) is 2.80. The van der Waals surface area contributed by atoms with E-state index >= 15 is 0 Å². The number of aryl methyl sites for hydroxylation is 1. The Morgan fingerprint density at radius 3 is 2.43 bits per heavy atom. The summed E-state index contributed by atoms with van der Waals surface area (Å²) >= 11 is 0. The number of benzene rings is 2. The van der Waals surface area contributed by atoms with E-state index in [1.807, 2.05) is 24.3 Å². The van der Waals surface area contributed by atoms with Crippen molar-refractivity contribution in [2.45, 2.75) is 25.3 Å². The van der Waals surface area contributed by atoms with Crippen molar-refractivity contribution < 1.29 is 12.8 Å². The smallest absolute Gasteiger partial charge is 0.263 e. The first-order valence-electron chi connectivity index (χ1n) is 8.93. The van der Waals surface area contributed by atoms with Crippen molar-refractivity contribution >= 4 is 21.5 Å². The molecule has 1 N–H and O–H groups in total. The third-order valence-corrected chi connectivity index (χ3v) is 5.74. The van der Waals surface area contributed by atoms with Gasteiger partial charge in [0.05, 0.1) is 16.8 Å². The molecule has 1 heterocycles. The van der Waals surface area contributed by atoms with E-state index in [-0.39, 0.29) is 16.3 Å². The van der Waals surface area contributed by atoms with Crippen molar-refractivity contribution in [1.82, 2.24) is 4.98 Å². The van der Waals surface area contributed by atoms with Gasteiger partial charge in [0.15, 0.2) is 0 Å². The molecule has 5 nitrogen and oxygen atoms in total. The van der Waals surface area contributed by atoms with E-state index < -0.39 is 15.8 Å². The van der Waals surface area contributed by atoms with E-state index in [9.17, 15) is 12.8 Å². The van der Waals surface area contributed by atoms with Gasteiger partial charge in [0.2, 0.25) is 0 Å².